The molecule has 1 unspecified atom stereocenters. The average molecular weight is 438 g/mol. The van der Waals surface area contributed by atoms with E-state index in [4.69, 9.17) is 0 Å². The smallest absolute Gasteiger partial charge is 0.354 e. The molecule has 1 aromatic carbocycles. The van der Waals surface area contributed by atoms with Gasteiger partial charge >= 0.3 is 12.4 Å². The number of rotatable bonds is 5. The number of carbonyl (C=O) groups is 1. The normalized spacial score (nSPS) is 19.5. The summed E-state index contributed by atoms with van der Waals surface area (Å²) in [6.07, 6.45) is -9.39. The van der Waals surface area contributed by atoms with Gasteiger partial charge in [-0.1, -0.05) is 0 Å². The van der Waals surface area contributed by atoms with Crippen molar-refractivity contribution in [1.82, 2.24) is 4.90 Å². The molecule has 0 bridgehead atoms. The average Bonchev–Trinajstić information content (AvgIpc) is 2.79. The number of alkyl halides is 6. The quantitative estimate of drug-likeness (QED) is 0.714. The zero-order chi connectivity index (χ0) is 20.6. The summed E-state index contributed by atoms with van der Waals surface area (Å²) in [5, 5.41) is 2.37. The number of nitrogens with zero attached hydrogens (tertiary/aromatic N) is 1. The fourth-order valence-corrected chi connectivity index (χ4v) is 4.47. The van der Waals surface area contributed by atoms with Crippen LogP contribution in [-0.4, -0.2) is 50.9 Å². The minimum Gasteiger partial charge on any atom is -0.354 e. The van der Waals surface area contributed by atoms with Crippen molar-refractivity contribution in [2.24, 2.45) is 0 Å². The third-order valence-electron chi connectivity index (χ3n) is 3.40. The van der Waals surface area contributed by atoms with Gasteiger partial charge in [0.15, 0.2) is 5.50 Å². The van der Waals surface area contributed by atoms with Crippen molar-refractivity contribution in [1.29, 1.82) is 0 Å². The first-order valence-electron chi connectivity index (χ1n) is 7.26. The maximum atomic E-state index is 14.1. The summed E-state index contributed by atoms with van der Waals surface area (Å²) in [7, 11) is -2.52. The molecule has 0 radical (unpaired) electrons. The highest BCUT2D eigenvalue weighted by molar-refractivity contribution is 8.01. The van der Waals surface area contributed by atoms with Crippen LogP contribution in [0.1, 0.15) is 5.56 Å². The Morgan fingerprint density at radius 1 is 1.22 bits per heavy atom. The van der Waals surface area contributed by atoms with E-state index in [1.165, 1.54) is 6.92 Å². The van der Waals surface area contributed by atoms with E-state index >= 15 is 0 Å². The predicted octanol–water partition coefficient (Wildman–Crippen LogP) is 3.64. The lowest BCUT2D eigenvalue weighted by molar-refractivity contribution is -0.159. The molecule has 0 aromatic heterocycles. The Kier molecular flexibility index (Phi) is 6.34. The van der Waals surface area contributed by atoms with Gasteiger partial charge in [0.2, 0.25) is 5.91 Å². The Balaban J connectivity index is 2.27. The number of hydrogen-bond acceptors (Lipinski definition) is 4. The van der Waals surface area contributed by atoms with Gasteiger partial charge in [-0.15, -0.1) is 11.8 Å². The van der Waals surface area contributed by atoms with E-state index < -0.39 is 58.4 Å². The molecular formula is C14H13F7N2O2S2. The molecule has 1 aliphatic rings. The number of amides is 1. The van der Waals surface area contributed by atoms with Gasteiger partial charge in [-0.2, -0.15) is 26.3 Å². The zero-order valence-corrected chi connectivity index (χ0v) is 15.2. The molecule has 1 N–H and O–H groups in total. The largest absolute Gasteiger partial charge is 0.406 e. The molecule has 13 heteroatoms. The number of hydrogen-bond donors (Lipinski definition) is 1. The monoisotopic (exact) mass is 438 g/mol. The molecule has 1 saturated heterocycles. The first-order chi connectivity index (χ1) is 12.3. The van der Waals surface area contributed by atoms with Gasteiger partial charge in [-0.25, -0.2) is 4.39 Å². The van der Waals surface area contributed by atoms with Crippen LogP contribution in [0.3, 0.4) is 0 Å². The van der Waals surface area contributed by atoms with Gasteiger partial charge in [0.05, 0.1) is 22.2 Å². The highest BCUT2D eigenvalue weighted by atomic mass is 32.2. The van der Waals surface area contributed by atoms with Crippen LogP contribution in [0.2, 0.25) is 0 Å². The summed E-state index contributed by atoms with van der Waals surface area (Å²) in [6.45, 7) is -0.295. The molecule has 27 heavy (non-hydrogen) atoms. The number of aryl methyl sites for hydroxylation is 1. The Hall–Kier alpha value is -1.50. The summed E-state index contributed by atoms with van der Waals surface area (Å²) in [6, 6.07) is 1.70. The summed E-state index contributed by atoms with van der Waals surface area (Å²) in [5.41, 5.74) is -1.70. The number of thioether (sulfide) groups is 1. The van der Waals surface area contributed by atoms with Crippen LogP contribution in [0.15, 0.2) is 17.0 Å². The third kappa shape index (κ3) is 5.99. The molecule has 4 nitrogen and oxygen atoms in total. The molecule has 1 fully saturated rings. The number of carbonyl (C=O) groups excluding carboxylic acids is 1. The Morgan fingerprint density at radius 3 is 2.41 bits per heavy atom. The van der Waals surface area contributed by atoms with Crippen LogP contribution in [0.5, 0.6) is 0 Å². The van der Waals surface area contributed by atoms with Gasteiger partial charge < -0.3 is 10.2 Å². The van der Waals surface area contributed by atoms with Crippen molar-refractivity contribution in [2.75, 3.05) is 23.4 Å². The van der Waals surface area contributed by atoms with Crippen molar-refractivity contribution >= 4 is 34.2 Å². The summed E-state index contributed by atoms with van der Waals surface area (Å²) in [4.78, 5) is 11.8. The summed E-state index contributed by atoms with van der Waals surface area (Å²) < 4.78 is 101. The highest BCUT2D eigenvalue weighted by Gasteiger charge is 2.40. The van der Waals surface area contributed by atoms with E-state index in [2.05, 4.69) is 5.32 Å². The lowest BCUT2D eigenvalue weighted by atomic mass is 10.2. The second kappa shape index (κ2) is 7.86. The lowest BCUT2D eigenvalue weighted by Crippen LogP contribution is -2.43. The van der Waals surface area contributed by atoms with Crippen LogP contribution in [-0.2, 0) is 15.6 Å². The van der Waals surface area contributed by atoms with E-state index in [-0.39, 0.29) is 16.2 Å². The maximum Gasteiger partial charge on any atom is 0.406 e. The van der Waals surface area contributed by atoms with Gasteiger partial charge in [0, 0.05) is 4.90 Å². The van der Waals surface area contributed by atoms with E-state index in [9.17, 15) is 39.7 Å². The molecule has 1 heterocycles. The lowest BCUT2D eigenvalue weighted by Gasteiger charge is -2.26. The van der Waals surface area contributed by atoms with Crippen molar-refractivity contribution in [2.45, 2.75) is 29.7 Å². The fourth-order valence-electron chi connectivity index (χ4n) is 2.31. The molecule has 152 valence electrons. The van der Waals surface area contributed by atoms with E-state index in [1.54, 1.807) is 0 Å². The number of halogens is 7. The summed E-state index contributed by atoms with van der Waals surface area (Å²) in [5.74, 6) is -3.68. The second-order valence-corrected chi connectivity index (χ2v) is 8.14. The van der Waals surface area contributed by atoms with Crippen LogP contribution in [0.4, 0.5) is 36.4 Å². The number of anilines is 1. The van der Waals surface area contributed by atoms with Crippen molar-refractivity contribution in [3.05, 3.63) is 23.5 Å². The molecule has 1 aliphatic heterocycles. The first-order valence-corrected chi connectivity index (χ1v) is 9.63. The van der Waals surface area contributed by atoms with Crippen molar-refractivity contribution in [3.63, 3.8) is 0 Å². The van der Waals surface area contributed by atoms with Crippen LogP contribution in [0.25, 0.3) is 0 Å². The topological polar surface area (TPSA) is 49.4 Å². The van der Waals surface area contributed by atoms with Gasteiger partial charge in [-0.05, 0) is 24.6 Å². The molecule has 2 atom stereocenters. The molecular weight excluding hydrogens is 425 g/mol. The van der Waals surface area contributed by atoms with E-state index in [0.717, 1.165) is 23.9 Å². The van der Waals surface area contributed by atoms with Crippen LogP contribution < -0.4 is 5.32 Å². The van der Waals surface area contributed by atoms with Crippen LogP contribution >= 0.6 is 11.8 Å². The number of nitrogens with one attached hydrogen (secondary N) is 1. The third-order valence-corrected chi connectivity index (χ3v) is 6.02. The molecule has 0 aliphatic carbocycles. The molecule has 1 amide bonds. The highest BCUT2D eigenvalue weighted by Crippen LogP contribution is 2.32. The molecule has 0 spiro atoms. The Labute approximate surface area is 155 Å². The van der Waals surface area contributed by atoms with Crippen LogP contribution in [0, 0.1) is 12.7 Å². The van der Waals surface area contributed by atoms with E-state index in [0.29, 0.717) is 4.90 Å². The Bertz CT molecular complexity index is 752. The predicted molar refractivity (Wildman–Crippen MR) is 86.1 cm³/mol. The number of benzene rings is 1. The van der Waals surface area contributed by atoms with Crippen molar-refractivity contribution in [3.8, 4) is 0 Å². The molecule has 2 rings (SSSR count). The SMILES string of the molecule is Cc1cc(F)c(N[C@H]2SCC(=O)N2CC(F)(F)F)cc1S(=O)CC(F)(F)F. The van der Waals surface area contributed by atoms with Gasteiger partial charge in [0.25, 0.3) is 0 Å². The second-order valence-electron chi connectivity index (χ2n) is 5.65. The van der Waals surface area contributed by atoms with Gasteiger partial charge in [0.1, 0.15) is 18.1 Å². The van der Waals surface area contributed by atoms with Crippen molar-refractivity contribution < 1.29 is 39.7 Å². The molecule has 1 aromatic rings. The zero-order valence-electron chi connectivity index (χ0n) is 13.6. The molecule has 0 saturated carbocycles. The first kappa shape index (κ1) is 21.8. The maximum absolute atomic E-state index is 14.1. The Morgan fingerprint density at radius 2 is 1.85 bits per heavy atom. The minimum atomic E-state index is -4.71. The van der Waals surface area contributed by atoms with E-state index in [1.807, 2.05) is 0 Å². The fraction of sp³-hybridized carbons (Fsp3) is 0.500. The summed E-state index contributed by atoms with van der Waals surface area (Å²) >= 11 is 0.774. The standard InChI is InChI=1S/C14H13F7N2O2S2/c1-7-2-8(15)9(3-10(7)27(25)6-14(19,20)21)22-12-23(5-13(16,17)18)11(24)4-26-12/h2-3,12,22H,4-6H2,1H3/t12-,27?/m1/s1. The minimum absolute atomic E-state index is 0.00272. The van der Waals surface area contributed by atoms with Gasteiger partial charge in [-0.3, -0.25) is 9.00 Å².